The van der Waals surface area contributed by atoms with E-state index in [0.717, 1.165) is 31.7 Å². The van der Waals surface area contributed by atoms with Crippen molar-refractivity contribution in [1.29, 1.82) is 0 Å². The van der Waals surface area contributed by atoms with Crippen molar-refractivity contribution < 1.29 is 9.00 Å². The van der Waals surface area contributed by atoms with Crippen LogP contribution in [0.5, 0.6) is 0 Å². The Morgan fingerprint density at radius 2 is 2.05 bits per heavy atom. The summed E-state index contributed by atoms with van der Waals surface area (Å²) in [6.07, 6.45) is 4.00. The van der Waals surface area contributed by atoms with Gasteiger partial charge in [0.2, 0.25) is 0 Å². The van der Waals surface area contributed by atoms with Gasteiger partial charge in [0.05, 0.1) is 5.56 Å². The van der Waals surface area contributed by atoms with E-state index in [0.29, 0.717) is 17.9 Å². The highest BCUT2D eigenvalue weighted by Crippen LogP contribution is 2.21. The molecular formula is C16H25N3O2S. The predicted molar refractivity (Wildman–Crippen MR) is 90.8 cm³/mol. The molecule has 1 aromatic heterocycles. The van der Waals surface area contributed by atoms with E-state index < -0.39 is 10.8 Å². The van der Waals surface area contributed by atoms with Gasteiger partial charge in [-0.2, -0.15) is 0 Å². The smallest absolute Gasteiger partial charge is 0.255 e. The summed E-state index contributed by atoms with van der Waals surface area (Å²) in [6, 6.07) is 3.58. The van der Waals surface area contributed by atoms with Crippen LogP contribution in [0.3, 0.4) is 0 Å². The van der Waals surface area contributed by atoms with E-state index in [2.05, 4.69) is 15.2 Å². The lowest BCUT2D eigenvalue weighted by Crippen LogP contribution is -2.33. The number of pyridine rings is 1. The largest absolute Gasteiger partial charge is 0.356 e. The Hall–Kier alpha value is -1.43. The van der Waals surface area contributed by atoms with Crippen LogP contribution in [0, 0.1) is 0 Å². The molecule has 0 aromatic carbocycles. The highest BCUT2D eigenvalue weighted by molar-refractivity contribution is 7.86. The molecule has 5 nitrogen and oxygen atoms in total. The molecule has 1 aromatic rings. The van der Waals surface area contributed by atoms with Gasteiger partial charge >= 0.3 is 0 Å². The highest BCUT2D eigenvalue weighted by atomic mass is 32.2. The first-order valence-electron chi connectivity index (χ1n) is 7.76. The van der Waals surface area contributed by atoms with Gasteiger partial charge in [-0.1, -0.05) is 0 Å². The van der Waals surface area contributed by atoms with E-state index in [-0.39, 0.29) is 10.7 Å². The molecule has 2 rings (SSSR count). The topological polar surface area (TPSA) is 62.3 Å². The second-order valence-corrected chi connectivity index (χ2v) is 8.81. The van der Waals surface area contributed by atoms with Crippen molar-refractivity contribution in [2.75, 3.05) is 30.3 Å². The summed E-state index contributed by atoms with van der Waals surface area (Å²) in [7, 11) is -0.958. The molecule has 2 heterocycles. The number of amides is 1. The number of carbonyl (C=O) groups excluding carboxylic acids is 1. The second kappa shape index (κ2) is 7.22. The SMILES string of the molecule is CC(C)(C)[S@@](=O)CCNC(=O)c1cccnc1N1CCCC1. The molecule has 1 aliphatic heterocycles. The van der Waals surface area contributed by atoms with E-state index in [1.54, 1.807) is 18.3 Å². The van der Waals surface area contributed by atoms with Crippen LogP contribution in [-0.2, 0) is 10.8 Å². The summed E-state index contributed by atoms with van der Waals surface area (Å²) >= 11 is 0. The number of anilines is 1. The molecule has 1 atom stereocenters. The minimum Gasteiger partial charge on any atom is -0.356 e. The lowest BCUT2D eigenvalue weighted by molar-refractivity contribution is 0.0956. The van der Waals surface area contributed by atoms with Crippen molar-refractivity contribution in [2.45, 2.75) is 38.4 Å². The third-order valence-corrected chi connectivity index (χ3v) is 5.63. The van der Waals surface area contributed by atoms with E-state index in [9.17, 15) is 9.00 Å². The molecule has 6 heteroatoms. The van der Waals surface area contributed by atoms with Gasteiger partial charge in [0.25, 0.3) is 5.91 Å². The van der Waals surface area contributed by atoms with E-state index >= 15 is 0 Å². The maximum absolute atomic E-state index is 12.4. The second-order valence-electron chi connectivity index (χ2n) is 6.49. The van der Waals surface area contributed by atoms with Crippen LogP contribution in [-0.4, -0.2) is 45.2 Å². The molecule has 1 fully saturated rings. The van der Waals surface area contributed by atoms with E-state index in [1.807, 2.05) is 20.8 Å². The first-order valence-corrected chi connectivity index (χ1v) is 9.08. The zero-order valence-corrected chi connectivity index (χ0v) is 14.4. The van der Waals surface area contributed by atoms with Crippen LogP contribution < -0.4 is 10.2 Å². The van der Waals surface area contributed by atoms with E-state index in [1.165, 1.54) is 0 Å². The number of aromatic nitrogens is 1. The van der Waals surface area contributed by atoms with Crippen molar-refractivity contribution in [1.82, 2.24) is 10.3 Å². The predicted octanol–water partition coefficient (Wildman–Crippen LogP) is 1.96. The van der Waals surface area contributed by atoms with Gasteiger partial charge in [0.15, 0.2) is 0 Å². The zero-order chi connectivity index (χ0) is 16.2. The molecule has 1 amide bonds. The van der Waals surface area contributed by atoms with Gasteiger partial charge in [0, 0.05) is 47.1 Å². The molecule has 1 N–H and O–H groups in total. The monoisotopic (exact) mass is 323 g/mol. The summed E-state index contributed by atoms with van der Waals surface area (Å²) in [4.78, 5) is 18.9. The molecule has 1 saturated heterocycles. The molecule has 122 valence electrons. The molecule has 0 bridgehead atoms. The van der Waals surface area contributed by atoms with Crippen molar-refractivity contribution in [3.63, 3.8) is 0 Å². The molecule has 0 aliphatic carbocycles. The van der Waals surface area contributed by atoms with Crippen molar-refractivity contribution >= 4 is 22.5 Å². The Kier molecular flexibility index (Phi) is 5.56. The Labute approximate surface area is 135 Å². The quantitative estimate of drug-likeness (QED) is 0.900. The average molecular weight is 323 g/mol. The van der Waals surface area contributed by atoms with E-state index in [4.69, 9.17) is 0 Å². The third-order valence-electron chi connectivity index (χ3n) is 3.69. The van der Waals surface area contributed by atoms with Gasteiger partial charge < -0.3 is 10.2 Å². The molecule has 0 radical (unpaired) electrons. The van der Waals surface area contributed by atoms with Crippen LogP contribution in [0.2, 0.25) is 0 Å². The highest BCUT2D eigenvalue weighted by Gasteiger charge is 2.22. The molecule has 0 saturated carbocycles. The lowest BCUT2D eigenvalue weighted by atomic mass is 10.2. The molecule has 0 spiro atoms. The van der Waals surface area contributed by atoms with Gasteiger partial charge in [-0.25, -0.2) is 4.98 Å². The third kappa shape index (κ3) is 4.29. The zero-order valence-electron chi connectivity index (χ0n) is 13.6. The molecular weight excluding hydrogens is 298 g/mol. The van der Waals surface area contributed by atoms with Crippen LogP contribution in [0.15, 0.2) is 18.3 Å². The lowest BCUT2D eigenvalue weighted by Gasteiger charge is -2.20. The maximum Gasteiger partial charge on any atom is 0.255 e. The summed E-state index contributed by atoms with van der Waals surface area (Å²) < 4.78 is 11.7. The number of rotatable bonds is 5. The normalized spacial score (nSPS) is 16.6. The van der Waals surface area contributed by atoms with Crippen molar-refractivity contribution in [2.24, 2.45) is 0 Å². The van der Waals surface area contributed by atoms with Crippen LogP contribution in [0.1, 0.15) is 44.0 Å². The number of nitrogens with one attached hydrogen (secondary N) is 1. The summed E-state index contributed by atoms with van der Waals surface area (Å²) in [5, 5.41) is 2.87. The minimum atomic E-state index is -0.958. The average Bonchev–Trinajstić information content (AvgIpc) is 3.00. The maximum atomic E-state index is 12.4. The fraction of sp³-hybridized carbons (Fsp3) is 0.625. The van der Waals surface area contributed by atoms with Gasteiger partial charge in [-0.3, -0.25) is 9.00 Å². The summed E-state index contributed by atoms with van der Waals surface area (Å²) in [5.74, 6) is 1.09. The molecule has 0 unspecified atom stereocenters. The van der Waals surface area contributed by atoms with Crippen molar-refractivity contribution in [3.8, 4) is 0 Å². The molecule has 1 aliphatic rings. The Bertz CT molecular complexity index is 549. The number of hydrogen-bond donors (Lipinski definition) is 1. The number of nitrogens with zero attached hydrogens (tertiary/aromatic N) is 2. The van der Waals surface area contributed by atoms with Crippen LogP contribution in [0.4, 0.5) is 5.82 Å². The van der Waals surface area contributed by atoms with Crippen LogP contribution >= 0.6 is 0 Å². The Morgan fingerprint density at radius 3 is 2.68 bits per heavy atom. The van der Waals surface area contributed by atoms with Crippen LogP contribution in [0.25, 0.3) is 0 Å². The summed E-state index contributed by atoms with van der Waals surface area (Å²) in [6.45, 7) is 8.14. The van der Waals surface area contributed by atoms with Gasteiger partial charge in [-0.15, -0.1) is 0 Å². The van der Waals surface area contributed by atoms with Gasteiger partial charge in [-0.05, 0) is 45.7 Å². The number of hydrogen-bond acceptors (Lipinski definition) is 4. The number of carbonyl (C=O) groups is 1. The standard InChI is InChI=1S/C16H25N3O2S/c1-16(2,3)22(21)12-9-18-15(20)13-7-6-8-17-14(13)19-10-4-5-11-19/h6-8H,4-5,9-12H2,1-3H3,(H,18,20)/t22-/m0/s1. The fourth-order valence-electron chi connectivity index (χ4n) is 2.41. The Balaban J connectivity index is 1.97. The first-order chi connectivity index (χ1) is 10.4. The summed E-state index contributed by atoms with van der Waals surface area (Å²) in [5.41, 5.74) is 0.603. The minimum absolute atomic E-state index is 0.138. The molecule has 22 heavy (non-hydrogen) atoms. The fourth-order valence-corrected chi connectivity index (χ4v) is 3.31. The Morgan fingerprint density at radius 1 is 1.36 bits per heavy atom. The van der Waals surface area contributed by atoms with Crippen molar-refractivity contribution in [3.05, 3.63) is 23.9 Å². The first kappa shape index (κ1) is 16.9. The van der Waals surface area contributed by atoms with Gasteiger partial charge in [0.1, 0.15) is 5.82 Å².